The molecule has 0 radical (unpaired) electrons. The maximum atomic E-state index is 12.5. The van der Waals surface area contributed by atoms with Crippen LogP contribution < -0.4 is 0 Å². The molecule has 1 aromatic carbocycles. The third-order valence-corrected chi connectivity index (χ3v) is 3.71. The molecule has 0 spiro atoms. The summed E-state index contributed by atoms with van der Waals surface area (Å²) in [5.41, 5.74) is 0.207. The predicted molar refractivity (Wildman–Crippen MR) is 90.5 cm³/mol. The van der Waals surface area contributed by atoms with Gasteiger partial charge in [0, 0.05) is 18.4 Å². The van der Waals surface area contributed by atoms with Crippen molar-refractivity contribution in [2.75, 3.05) is 0 Å². The molecule has 2 amide bonds. The summed E-state index contributed by atoms with van der Waals surface area (Å²) < 4.78 is 5.35. The minimum atomic E-state index is -0.701. The Morgan fingerprint density at radius 2 is 1.83 bits per heavy atom. The molecule has 1 aromatic rings. The van der Waals surface area contributed by atoms with E-state index in [1.165, 1.54) is 13.0 Å². The van der Waals surface area contributed by atoms with E-state index in [1.54, 1.807) is 26.8 Å². The van der Waals surface area contributed by atoms with Gasteiger partial charge < -0.3 is 9.53 Å². The molecular weight excluding hydrogens is 306 g/mol. The van der Waals surface area contributed by atoms with E-state index >= 15 is 0 Å². The van der Waals surface area contributed by atoms with Gasteiger partial charge in [-0.15, -0.1) is 0 Å². The Morgan fingerprint density at radius 1 is 1.21 bits per heavy atom. The highest BCUT2D eigenvalue weighted by molar-refractivity contribution is 6.01. The number of hydrogen-bond acceptors (Lipinski definition) is 4. The molecule has 0 saturated heterocycles. The Balaban J connectivity index is 2.33. The largest absolute Gasteiger partial charge is 0.443 e. The Bertz CT molecular complexity index is 658. The van der Waals surface area contributed by atoms with Gasteiger partial charge in [0.2, 0.25) is 0 Å². The van der Waals surface area contributed by atoms with Crippen molar-refractivity contribution in [2.24, 2.45) is 0 Å². The maximum absolute atomic E-state index is 12.5. The Labute approximate surface area is 142 Å². The van der Waals surface area contributed by atoms with Crippen molar-refractivity contribution < 1.29 is 19.1 Å². The lowest BCUT2D eigenvalue weighted by atomic mass is 9.87. The number of benzene rings is 1. The lowest BCUT2D eigenvalue weighted by Crippen LogP contribution is -2.45. The summed E-state index contributed by atoms with van der Waals surface area (Å²) in [5, 5.41) is 0. The van der Waals surface area contributed by atoms with Crippen LogP contribution in [-0.4, -0.2) is 34.3 Å². The monoisotopic (exact) mass is 329 g/mol. The van der Waals surface area contributed by atoms with Crippen LogP contribution in [0, 0.1) is 0 Å². The molecule has 5 heteroatoms. The van der Waals surface area contributed by atoms with Crippen molar-refractivity contribution in [3.8, 4) is 0 Å². The number of carbonyl (C=O) groups is 3. The van der Waals surface area contributed by atoms with Gasteiger partial charge in [0.1, 0.15) is 11.4 Å². The fourth-order valence-corrected chi connectivity index (χ4v) is 2.78. The number of nitrogens with zero attached hydrogens (tertiary/aromatic N) is 1. The minimum Gasteiger partial charge on any atom is -0.443 e. The first kappa shape index (κ1) is 17.9. The highest BCUT2D eigenvalue weighted by Gasteiger charge is 2.40. The van der Waals surface area contributed by atoms with Gasteiger partial charge in [-0.05, 0) is 33.3 Å². The van der Waals surface area contributed by atoms with E-state index in [1.807, 2.05) is 30.3 Å². The smallest absolute Gasteiger partial charge is 0.417 e. The van der Waals surface area contributed by atoms with Gasteiger partial charge >= 0.3 is 6.09 Å². The standard InChI is InChI=1S/C19H23NO4/c1-13(21)12-15(14-8-6-5-7-9-14)16-10-11-17(22)20(16)18(23)24-19(2,3)4/h5-11,15-16H,12H2,1-4H3/t15-,16+/m0/s1. The number of Topliss-reactive ketones (excluding diaryl/α,β-unsaturated/α-hetero) is 1. The molecule has 1 heterocycles. The van der Waals surface area contributed by atoms with E-state index in [0.717, 1.165) is 10.5 Å². The van der Waals surface area contributed by atoms with Gasteiger partial charge in [-0.2, -0.15) is 0 Å². The second-order valence-corrected chi connectivity index (χ2v) is 6.96. The van der Waals surface area contributed by atoms with Crippen LogP contribution in [0.3, 0.4) is 0 Å². The lowest BCUT2D eigenvalue weighted by molar-refractivity contribution is -0.126. The van der Waals surface area contributed by atoms with Crippen molar-refractivity contribution in [3.63, 3.8) is 0 Å². The van der Waals surface area contributed by atoms with Crippen LogP contribution in [0.15, 0.2) is 42.5 Å². The quantitative estimate of drug-likeness (QED) is 0.849. The molecule has 2 atom stereocenters. The lowest BCUT2D eigenvalue weighted by Gasteiger charge is -2.31. The number of rotatable bonds is 4. The summed E-state index contributed by atoms with van der Waals surface area (Å²) in [5.74, 6) is -0.710. The first-order valence-corrected chi connectivity index (χ1v) is 7.98. The molecule has 1 aliphatic rings. The molecule has 0 aromatic heterocycles. The third kappa shape index (κ3) is 4.31. The van der Waals surface area contributed by atoms with Crippen molar-refractivity contribution in [2.45, 2.75) is 51.7 Å². The number of ketones is 1. The normalized spacial score (nSPS) is 18.6. The fraction of sp³-hybridized carbons (Fsp3) is 0.421. The number of amides is 2. The van der Waals surface area contributed by atoms with Crippen molar-refractivity contribution in [1.82, 2.24) is 4.90 Å². The summed E-state index contributed by atoms with van der Waals surface area (Å²) in [6.07, 6.45) is 2.59. The van der Waals surface area contributed by atoms with Crippen LogP contribution in [0.2, 0.25) is 0 Å². The van der Waals surface area contributed by atoms with Crippen LogP contribution in [0.5, 0.6) is 0 Å². The zero-order valence-electron chi connectivity index (χ0n) is 14.5. The van der Waals surface area contributed by atoms with Gasteiger partial charge in [-0.25, -0.2) is 9.69 Å². The minimum absolute atomic E-state index is 0.000686. The number of imide groups is 1. The summed E-state index contributed by atoms with van der Waals surface area (Å²) in [7, 11) is 0. The van der Waals surface area contributed by atoms with Crippen LogP contribution >= 0.6 is 0 Å². The molecule has 0 unspecified atom stereocenters. The maximum Gasteiger partial charge on any atom is 0.417 e. The molecule has 1 aliphatic heterocycles. The second-order valence-electron chi connectivity index (χ2n) is 6.96. The zero-order chi connectivity index (χ0) is 17.9. The van der Waals surface area contributed by atoms with Gasteiger partial charge in [0.25, 0.3) is 5.91 Å². The second kappa shape index (κ2) is 6.99. The molecule has 24 heavy (non-hydrogen) atoms. The summed E-state index contributed by atoms with van der Waals surface area (Å²) in [4.78, 5) is 37.5. The van der Waals surface area contributed by atoms with Crippen LogP contribution in [0.4, 0.5) is 4.79 Å². The fourth-order valence-electron chi connectivity index (χ4n) is 2.78. The molecule has 2 rings (SSSR count). The Kier molecular flexibility index (Phi) is 5.22. The van der Waals surface area contributed by atoms with Crippen LogP contribution in [0.1, 0.15) is 45.6 Å². The van der Waals surface area contributed by atoms with E-state index in [4.69, 9.17) is 4.74 Å². The SMILES string of the molecule is CC(=O)C[C@@H](c1ccccc1)[C@H]1C=CC(=O)N1C(=O)OC(C)(C)C. The summed E-state index contributed by atoms with van der Waals surface area (Å²) in [6.45, 7) is 6.75. The average molecular weight is 329 g/mol. The van der Waals surface area contributed by atoms with Gasteiger partial charge in [-0.3, -0.25) is 4.79 Å². The van der Waals surface area contributed by atoms with Crippen molar-refractivity contribution in [3.05, 3.63) is 48.0 Å². The molecule has 0 aliphatic carbocycles. The Hall–Kier alpha value is -2.43. The summed E-state index contributed by atoms with van der Waals surface area (Å²) in [6, 6.07) is 8.91. The molecule has 0 saturated carbocycles. The van der Waals surface area contributed by atoms with Crippen molar-refractivity contribution >= 4 is 17.8 Å². The van der Waals surface area contributed by atoms with Gasteiger partial charge in [-0.1, -0.05) is 36.4 Å². The topological polar surface area (TPSA) is 63.7 Å². The van der Waals surface area contributed by atoms with Gasteiger partial charge in [0.05, 0.1) is 6.04 Å². The highest BCUT2D eigenvalue weighted by atomic mass is 16.6. The predicted octanol–water partition coefficient (Wildman–Crippen LogP) is 3.45. The van der Waals surface area contributed by atoms with E-state index in [9.17, 15) is 14.4 Å². The zero-order valence-corrected chi connectivity index (χ0v) is 14.5. The van der Waals surface area contributed by atoms with Crippen LogP contribution in [-0.2, 0) is 14.3 Å². The molecule has 128 valence electrons. The first-order valence-electron chi connectivity index (χ1n) is 7.98. The highest BCUT2D eigenvalue weighted by Crippen LogP contribution is 2.32. The van der Waals surface area contributed by atoms with E-state index < -0.39 is 23.6 Å². The first-order chi connectivity index (χ1) is 11.2. The van der Waals surface area contributed by atoms with E-state index in [2.05, 4.69) is 0 Å². The molecule has 5 nitrogen and oxygen atoms in total. The Morgan fingerprint density at radius 3 is 2.38 bits per heavy atom. The molecule has 0 bridgehead atoms. The number of hydrogen-bond donors (Lipinski definition) is 0. The van der Waals surface area contributed by atoms with Crippen LogP contribution in [0.25, 0.3) is 0 Å². The van der Waals surface area contributed by atoms with Crippen molar-refractivity contribution in [1.29, 1.82) is 0 Å². The average Bonchev–Trinajstić information content (AvgIpc) is 2.85. The molecular formula is C19H23NO4. The third-order valence-electron chi connectivity index (χ3n) is 3.71. The molecule has 0 N–H and O–H groups in total. The number of carbonyl (C=O) groups excluding carboxylic acids is 3. The van der Waals surface area contributed by atoms with E-state index in [0.29, 0.717) is 0 Å². The summed E-state index contributed by atoms with van der Waals surface area (Å²) >= 11 is 0. The van der Waals surface area contributed by atoms with E-state index in [-0.39, 0.29) is 18.1 Å². The number of ether oxygens (including phenoxy) is 1. The molecule has 0 fully saturated rings. The van der Waals surface area contributed by atoms with Gasteiger partial charge in [0.15, 0.2) is 0 Å².